The molecule has 0 aliphatic carbocycles. The normalized spacial score (nSPS) is 19.5. The molecule has 2 aliphatic rings. The van der Waals surface area contributed by atoms with Gasteiger partial charge >= 0.3 is 0 Å². The molecule has 4 nitrogen and oxygen atoms in total. The number of amides is 1. The summed E-state index contributed by atoms with van der Waals surface area (Å²) in [5.74, 6) is 1.09. The molecule has 4 rings (SSSR count). The second-order valence-electron chi connectivity index (χ2n) is 7.02. The van der Waals surface area contributed by atoms with Gasteiger partial charge in [0.25, 0.3) is 0 Å². The molecule has 2 aromatic carbocycles. The van der Waals surface area contributed by atoms with Gasteiger partial charge in [0.15, 0.2) is 0 Å². The smallest absolute Gasteiger partial charge is 0.237 e. The average Bonchev–Trinajstić information content (AvgIpc) is 2.65. The van der Waals surface area contributed by atoms with E-state index in [1.807, 2.05) is 25.2 Å². The van der Waals surface area contributed by atoms with Crippen LogP contribution in [-0.4, -0.2) is 30.5 Å². The van der Waals surface area contributed by atoms with Crippen molar-refractivity contribution in [1.82, 2.24) is 10.2 Å². The molecule has 0 radical (unpaired) electrons. The first-order valence-electron chi connectivity index (χ1n) is 9.00. The van der Waals surface area contributed by atoms with E-state index >= 15 is 0 Å². The van der Waals surface area contributed by atoms with Crippen molar-refractivity contribution >= 4 is 5.91 Å². The highest BCUT2D eigenvalue weighted by Crippen LogP contribution is 2.26. The summed E-state index contributed by atoms with van der Waals surface area (Å²) in [6.07, 6.45) is 2.89. The van der Waals surface area contributed by atoms with Gasteiger partial charge in [-0.05, 0) is 54.6 Å². The standard InChI is InChI=1S/C21H24N2O2/c1-23-14-18-6-3-2-5-16(18)12-19(23)21(24)22-13-15-8-9-20-17(11-15)7-4-10-25-20/h2-3,5-6,8-9,11,19H,4,7,10,12-14H2,1H3,(H,22,24)/t19-/m1/s1. The van der Waals surface area contributed by atoms with E-state index < -0.39 is 0 Å². The molecule has 2 aromatic rings. The molecule has 0 saturated heterocycles. The Morgan fingerprint density at radius 2 is 2.04 bits per heavy atom. The van der Waals surface area contributed by atoms with Gasteiger partial charge in [-0.2, -0.15) is 0 Å². The van der Waals surface area contributed by atoms with Crippen LogP contribution in [0.15, 0.2) is 42.5 Å². The molecule has 1 amide bonds. The number of ether oxygens (including phenoxy) is 1. The van der Waals surface area contributed by atoms with Gasteiger partial charge in [-0.15, -0.1) is 0 Å². The maximum atomic E-state index is 12.7. The van der Waals surface area contributed by atoms with Crippen LogP contribution >= 0.6 is 0 Å². The molecule has 0 fully saturated rings. The number of carbonyl (C=O) groups excluding carboxylic acids is 1. The number of carbonyl (C=O) groups is 1. The number of nitrogens with one attached hydrogen (secondary N) is 1. The average molecular weight is 336 g/mol. The first-order chi connectivity index (χ1) is 12.2. The molecule has 0 unspecified atom stereocenters. The van der Waals surface area contributed by atoms with E-state index in [0.717, 1.165) is 43.7 Å². The number of hydrogen-bond acceptors (Lipinski definition) is 3. The fraction of sp³-hybridized carbons (Fsp3) is 0.381. The van der Waals surface area contributed by atoms with Gasteiger partial charge < -0.3 is 10.1 Å². The van der Waals surface area contributed by atoms with Crippen LogP contribution in [0, 0.1) is 0 Å². The van der Waals surface area contributed by atoms with Crippen LogP contribution in [0.2, 0.25) is 0 Å². The molecule has 0 bridgehead atoms. The maximum absolute atomic E-state index is 12.7. The molecule has 2 aliphatic heterocycles. The zero-order chi connectivity index (χ0) is 17.2. The third kappa shape index (κ3) is 3.40. The van der Waals surface area contributed by atoms with E-state index in [9.17, 15) is 4.79 Å². The molecule has 4 heteroatoms. The predicted octanol–water partition coefficient (Wildman–Crippen LogP) is 2.68. The largest absolute Gasteiger partial charge is 0.493 e. The molecule has 1 N–H and O–H groups in total. The summed E-state index contributed by atoms with van der Waals surface area (Å²) in [6.45, 7) is 2.20. The van der Waals surface area contributed by atoms with Crippen molar-refractivity contribution in [2.24, 2.45) is 0 Å². The number of hydrogen-bond donors (Lipinski definition) is 1. The van der Waals surface area contributed by atoms with Crippen molar-refractivity contribution in [3.63, 3.8) is 0 Å². The van der Waals surface area contributed by atoms with E-state index in [2.05, 4.69) is 34.5 Å². The maximum Gasteiger partial charge on any atom is 0.237 e. The van der Waals surface area contributed by atoms with E-state index in [0.29, 0.717) is 6.54 Å². The number of fused-ring (bicyclic) bond motifs is 2. The van der Waals surface area contributed by atoms with Gasteiger partial charge in [-0.25, -0.2) is 0 Å². The van der Waals surface area contributed by atoms with E-state index in [1.54, 1.807) is 0 Å². The lowest BCUT2D eigenvalue weighted by atomic mass is 9.94. The molecular formula is C21H24N2O2. The van der Waals surface area contributed by atoms with E-state index in [4.69, 9.17) is 4.74 Å². The van der Waals surface area contributed by atoms with Crippen LogP contribution in [0.5, 0.6) is 5.75 Å². The Bertz CT molecular complexity index is 787. The minimum absolute atomic E-state index is 0.101. The molecule has 0 spiro atoms. The molecular weight excluding hydrogens is 312 g/mol. The third-order valence-corrected chi connectivity index (χ3v) is 5.23. The Morgan fingerprint density at radius 1 is 1.20 bits per heavy atom. The molecule has 0 aromatic heterocycles. The third-order valence-electron chi connectivity index (χ3n) is 5.23. The summed E-state index contributed by atoms with van der Waals surface area (Å²) in [5.41, 5.74) is 4.99. The van der Waals surface area contributed by atoms with Crippen LogP contribution in [-0.2, 0) is 30.7 Å². The van der Waals surface area contributed by atoms with Crippen molar-refractivity contribution in [2.45, 2.75) is 38.4 Å². The van der Waals surface area contributed by atoms with Crippen LogP contribution in [0.4, 0.5) is 0 Å². The second kappa shape index (κ2) is 6.89. The Balaban J connectivity index is 1.41. The predicted molar refractivity (Wildman–Crippen MR) is 97.5 cm³/mol. The fourth-order valence-electron chi connectivity index (χ4n) is 3.78. The number of rotatable bonds is 3. The molecule has 2 heterocycles. The highest BCUT2D eigenvalue weighted by atomic mass is 16.5. The summed E-state index contributed by atoms with van der Waals surface area (Å²) in [7, 11) is 2.02. The van der Waals surface area contributed by atoms with Crippen molar-refractivity contribution < 1.29 is 9.53 Å². The molecule has 25 heavy (non-hydrogen) atoms. The zero-order valence-electron chi connectivity index (χ0n) is 14.6. The second-order valence-corrected chi connectivity index (χ2v) is 7.02. The minimum atomic E-state index is -0.101. The van der Waals surface area contributed by atoms with Gasteiger partial charge in [0.2, 0.25) is 5.91 Å². The molecule has 130 valence electrons. The van der Waals surface area contributed by atoms with Crippen molar-refractivity contribution in [3.8, 4) is 5.75 Å². The van der Waals surface area contributed by atoms with Crippen molar-refractivity contribution in [3.05, 3.63) is 64.7 Å². The van der Waals surface area contributed by atoms with Crippen LogP contribution in [0.3, 0.4) is 0 Å². The Hall–Kier alpha value is -2.33. The summed E-state index contributed by atoms with van der Waals surface area (Å²) < 4.78 is 5.65. The quantitative estimate of drug-likeness (QED) is 0.937. The fourth-order valence-corrected chi connectivity index (χ4v) is 3.78. The van der Waals surface area contributed by atoms with Gasteiger partial charge in [0, 0.05) is 13.1 Å². The first-order valence-corrected chi connectivity index (χ1v) is 9.00. The summed E-state index contributed by atoms with van der Waals surface area (Å²) >= 11 is 0. The van der Waals surface area contributed by atoms with Gasteiger partial charge in [-0.1, -0.05) is 36.4 Å². The number of benzene rings is 2. The zero-order valence-corrected chi connectivity index (χ0v) is 14.6. The Kier molecular flexibility index (Phi) is 4.45. The topological polar surface area (TPSA) is 41.6 Å². The first kappa shape index (κ1) is 16.2. The SMILES string of the molecule is CN1Cc2ccccc2C[C@@H]1C(=O)NCc1ccc2c(c1)CCCO2. The van der Waals surface area contributed by atoms with Crippen LogP contribution in [0.25, 0.3) is 0 Å². The van der Waals surface area contributed by atoms with Crippen LogP contribution in [0.1, 0.15) is 28.7 Å². The summed E-state index contributed by atoms with van der Waals surface area (Å²) in [5, 5.41) is 3.12. The van der Waals surface area contributed by atoms with Crippen LogP contribution < -0.4 is 10.1 Å². The van der Waals surface area contributed by atoms with Gasteiger partial charge in [0.1, 0.15) is 5.75 Å². The van der Waals surface area contributed by atoms with Crippen molar-refractivity contribution in [2.75, 3.05) is 13.7 Å². The Morgan fingerprint density at radius 3 is 2.92 bits per heavy atom. The summed E-state index contributed by atoms with van der Waals surface area (Å²) in [4.78, 5) is 14.8. The highest BCUT2D eigenvalue weighted by Gasteiger charge is 2.28. The molecule has 0 saturated carbocycles. The van der Waals surface area contributed by atoms with E-state index in [1.165, 1.54) is 16.7 Å². The number of likely N-dealkylation sites (N-methyl/N-ethyl adjacent to an activating group) is 1. The lowest BCUT2D eigenvalue weighted by Crippen LogP contribution is -2.48. The Labute approximate surface area is 148 Å². The van der Waals surface area contributed by atoms with E-state index in [-0.39, 0.29) is 11.9 Å². The summed E-state index contributed by atoms with van der Waals surface area (Å²) in [6, 6.07) is 14.5. The minimum Gasteiger partial charge on any atom is -0.493 e. The number of aryl methyl sites for hydroxylation is 1. The van der Waals surface area contributed by atoms with Gasteiger partial charge in [0.05, 0.1) is 12.6 Å². The van der Waals surface area contributed by atoms with Gasteiger partial charge in [-0.3, -0.25) is 9.69 Å². The molecule has 1 atom stereocenters. The monoisotopic (exact) mass is 336 g/mol. The lowest BCUT2D eigenvalue weighted by Gasteiger charge is -2.33. The van der Waals surface area contributed by atoms with Crippen molar-refractivity contribution in [1.29, 1.82) is 0 Å². The lowest BCUT2D eigenvalue weighted by molar-refractivity contribution is -0.126. The highest BCUT2D eigenvalue weighted by molar-refractivity contribution is 5.82. The number of nitrogens with zero attached hydrogens (tertiary/aromatic N) is 1.